The standard InChI is InChI=1S/C17H22N2O2/c1-4-16(5-2)19-9-8-15(18-19)12-21-17-7-6-13(3)10-14(17)11-20/h6-11,16H,4-5,12H2,1-3H3. The smallest absolute Gasteiger partial charge is 0.153 e. The van der Waals surface area contributed by atoms with Crippen LogP contribution in [0, 0.1) is 6.92 Å². The molecule has 0 saturated heterocycles. The van der Waals surface area contributed by atoms with E-state index in [0.29, 0.717) is 24.0 Å². The Morgan fingerprint density at radius 2 is 2.05 bits per heavy atom. The predicted octanol–water partition coefficient (Wildman–Crippen LogP) is 3.94. The van der Waals surface area contributed by atoms with Gasteiger partial charge >= 0.3 is 0 Å². The van der Waals surface area contributed by atoms with Gasteiger partial charge in [-0.2, -0.15) is 5.10 Å². The highest BCUT2D eigenvalue weighted by atomic mass is 16.5. The number of nitrogens with zero attached hydrogens (tertiary/aromatic N) is 2. The zero-order valence-electron chi connectivity index (χ0n) is 12.9. The summed E-state index contributed by atoms with van der Waals surface area (Å²) in [7, 11) is 0. The van der Waals surface area contributed by atoms with E-state index in [4.69, 9.17) is 4.74 Å². The first-order chi connectivity index (χ1) is 10.2. The zero-order valence-corrected chi connectivity index (χ0v) is 12.9. The van der Waals surface area contributed by atoms with E-state index in [-0.39, 0.29) is 0 Å². The quantitative estimate of drug-likeness (QED) is 0.724. The molecule has 0 N–H and O–H groups in total. The van der Waals surface area contributed by atoms with Gasteiger partial charge in [-0.3, -0.25) is 9.48 Å². The van der Waals surface area contributed by atoms with E-state index in [2.05, 4.69) is 18.9 Å². The van der Waals surface area contributed by atoms with Gasteiger partial charge in [0, 0.05) is 6.20 Å². The van der Waals surface area contributed by atoms with Gasteiger partial charge in [-0.05, 0) is 38.0 Å². The van der Waals surface area contributed by atoms with Crippen molar-refractivity contribution in [1.82, 2.24) is 9.78 Å². The first-order valence-electron chi connectivity index (χ1n) is 7.40. The molecule has 0 aliphatic rings. The summed E-state index contributed by atoms with van der Waals surface area (Å²) >= 11 is 0. The zero-order chi connectivity index (χ0) is 15.2. The molecule has 0 aliphatic carbocycles. The van der Waals surface area contributed by atoms with Crippen LogP contribution in [0.2, 0.25) is 0 Å². The third kappa shape index (κ3) is 3.72. The molecule has 0 saturated carbocycles. The third-order valence-corrected chi connectivity index (χ3v) is 3.65. The molecule has 2 rings (SSSR count). The first kappa shape index (κ1) is 15.3. The Morgan fingerprint density at radius 1 is 1.29 bits per heavy atom. The summed E-state index contributed by atoms with van der Waals surface area (Å²) < 4.78 is 7.72. The van der Waals surface area contributed by atoms with E-state index >= 15 is 0 Å². The number of hydrogen-bond acceptors (Lipinski definition) is 3. The second-order valence-corrected chi connectivity index (χ2v) is 5.21. The SMILES string of the molecule is CCC(CC)n1ccc(COc2ccc(C)cc2C=O)n1. The van der Waals surface area contributed by atoms with E-state index < -0.39 is 0 Å². The normalized spacial score (nSPS) is 10.9. The van der Waals surface area contributed by atoms with Gasteiger partial charge in [-0.1, -0.05) is 25.5 Å². The minimum atomic E-state index is 0.372. The summed E-state index contributed by atoms with van der Waals surface area (Å²) in [6.07, 6.45) is 4.94. The van der Waals surface area contributed by atoms with Crippen molar-refractivity contribution in [3.63, 3.8) is 0 Å². The Hall–Kier alpha value is -2.10. The number of aldehydes is 1. The van der Waals surface area contributed by atoms with Crippen molar-refractivity contribution >= 4 is 6.29 Å². The van der Waals surface area contributed by atoms with Gasteiger partial charge in [-0.25, -0.2) is 0 Å². The molecule has 1 aromatic carbocycles. The van der Waals surface area contributed by atoms with Crippen molar-refractivity contribution in [2.75, 3.05) is 0 Å². The van der Waals surface area contributed by atoms with Crippen molar-refractivity contribution in [3.05, 3.63) is 47.3 Å². The minimum Gasteiger partial charge on any atom is -0.486 e. The molecular weight excluding hydrogens is 264 g/mol. The van der Waals surface area contributed by atoms with Crippen LogP contribution in [0.4, 0.5) is 0 Å². The van der Waals surface area contributed by atoms with Crippen LogP contribution in [0.3, 0.4) is 0 Å². The molecular formula is C17H22N2O2. The third-order valence-electron chi connectivity index (χ3n) is 3.65. The summed E-state index contributed by atoms with van der Waals surface area (Å²) in [6, 6.07) is 7.99. The summed E-state index contributed by atoms with van der Waals surface area (Å²) in [5.74, 6) is 0.604. The van der Waals surface area contributed by atoms with E-state index in [0.717, 1.165) is 30.4 Å². The van der Waals surface area contributed by atoms with Gasteiger partial charge in [0.25, 0.3) is 0 Å². The van der Waals surface area contributed by atoms with Crippen LogP contribution in [0.15, 0.2) is 30.5 Å². The van der Waals surface area contributed by atoms with Crippen LogP contribution >= 0.6 is 0 Å². The fraction of sp³-hybridized carbons (Fsp3) is 0.412. The van der Waals surface area contributed by atoms with E-state index in [1.165, 1.54) is 0 Å². The molecule has 4 heteroatoms. The Labute approximate surface area is 125 Å². The summed E-state index contributed by atoms with van der Waals surface area (Å²) in [5, 5.41) is 4.54. The van der Waals surface area contributed by atoms with Crippen molar-refractivity contribution in [2.45, 2.75) is 46.3 Å². The highest BCUT2D eigenvalue weighted by molar-refractivity contribution is 5.79. The lowest BCUT2D eigenvalue weighted by Crippen LogP contribution is -2.08. The van der Waals surface area contributed by atoms with Crippen molar-refractivity contribution < 1.29 is 9.53 Å². The number of rotatable bonds is 7. The van der Waals surface area contributed by atoms with Crippen molar-refractivity contribution in [2.24, 2.45) is 0 Å². The average Bonchev–Trinajstić information content (AvgIpc) is 2.96. The van der Waals surface area contributed by atoms with Crippen LogP contribution < -0.4 is 4.74 Å². The summed E-state index contributed by atoms with van der Waals surface area (Å²) in [5.41, 5.74) is 2.50. The number of hydrogen-bond donors (Lipinski definition) is 0. The molecule has 0 amide bonds. The number of aromatic nitrogens is 2. The van der Waals surface area contributed by atoms with Crippen LogP contribution in [0.5, 0.6) is 5.75 Å². The second-order valence-electron chi connectivity index (χ2n) is 5.21. The lowest BCUT2D eigenvalue weighted by Gasteiger charge is -2.12. The Bertz CT molecular complexity index is 601. The molecule has 4 nitrogen and oxygen atoms in total. The van der Waals surface area contributed by atoms with E-state index in [1.54, 1.807) is 0 Å². The average molecular weight is 286 g/mol. The van der Waals surface area contributed by atoms with Gasteiger partial charge in [0.2, 0.25) is 0 Å². The van der Waals surface area contributed by atoms with Crippen LogP contribution in [-0.4, -0.2) is 16.1 Å². The second kappa shape index (κ2) is 7.07. The van der Waals surface area contributed by atoms with Gasteiger partial charge in [-0.15, -0.1) is 0 Å². The van der Waals surface area contributed by atoms with E-state index in [9.17, 15) is 4.79 Å². The Kier molecular flexibility index (Phi) is 5.14. The lowest BCUT2D eigenvalue weighted by atomic mass is 10.1. The molecule has 21 heavy (non-hydrogen) atoms. The summed E-state index contributed by atoms with van der Waals surface area (Å²) in [6.45, 7) is 6.65. The fourth-order valence-corrected chi connectivity index (χ4v) is 2.36. The van der Waals surface area contributed by atoms with Crippen molar-refractivity contribution in [1.29, 1.82) is 0 Å². The van der Waals surface area contributed by atoms with Crippen molar-refractivity contribution in [3.8, 4) is 5.75 Å². The monoisotopic (exact) mass is 286 g/mol. The molecule has 2 aromatic rings. The maximum Gasteiger partial charge on any atom is 0.153 e. The van der Waals surface area contributed by atoms with Gasteiger partial charge in [0.1, 0.15) is 12.4 Å². The highest BCUT2D eigenvalue weighted by Crippen LogP contribution is 2.20. The van der Waals surface area contributed by atoms with Crippen LogP contribution in [0.1, 0.15) is 54.3 Å². The molecule has 0 radical (unpaired) electrons. The van der Waals surface area contributed by atoms with Crippen LogP contribution in [0.25, 0.3) is 0 Å². The van der Waals surface area contributed by atoms with Gasteiger partial charge in [0.05, 0.1) is 17.3 Å². The van der Waals surface area contributed by atoms with Gasteiger partial charge < -0.3 is 4.74 Å². The number of aryl methyl sites for hydroxylation is 1. The topological polar surface area (TPSA) is 44.1 Å². The molecule has 0 atom stereocenters. The molecule has 1 heterocycles. The highest BCUT2D eigenvalue weighted by Gasteiger charge is 2.09. The number of ether oxygens (including phenoxy) is 1. The molecule has 0 spiro atoms. The largest absolute Gasteiger partial charge is 0.486 e. The predicted molar refractivity (Wildman–Crippen MR) is 82.7 cm³/mol. The summed E-state index contributed by atoms with van der Waals surface area (Å²) in [4.78, 5) is 11.1. The molecule has 0 bridgehead atoms. The Morgan fingerprint density at radius 3 is 2.71 bits per heavy atom. The maximum atomic E-state index is 11.1. The molecule has 0 unspecified atom stereocenters. The Balaban J connectivity index is 2.05. The molecule has 0 fully saturated rings. The maximum absolute atomic E-state index is 11.1. The fourth-order valence-electron chi connectivity index (χ4n) is 2.36. The van der Waals surface area contributed by atoms with Gasteiger partial charge in [0.15, 0.2) is 6.29 Å². The number of carbonyl (C=O) groups is 1. The van der Waals surface area contributed by atoms with Crippen LogP contribution in [-0.2, 0) is 6.61 Å². The molecule has 112 valence electrons. The number of carbonyl (C=O) groups excluding carboxylic acids is 1. The molecule has 0 aliphatic heterocycles. The first-order valence-corrected chi connectivity index (χ1v) is 7.40. The number of benzene rings is 1. The van der Waals surface area contributed by atoms with E-state index in [1.807, 2.05) is 42.1 Å². The minimum absolute atomic E-state index is 0.372. The lowest BCUT2D eigenvalue weighted by molar-refractivity contribution is 0.111. The molecule has 1 aromatic heterocycles.